The molecule has 2 atom stereocenters. The van der Waals surface area contributed by atoms with E-state index >= 15 is 0 Å². The Kier molecular flexibility index (Phi) is 2.49. The van der Waals surface area contributed by atoms with Crippen LogP contribution in [0.25, 0.3) is 32.9 Å². The fraction of sp³-hybridized carbons (Fsp3) is 0.185. The second-order valence-corrected chi connectivity index (χ2v) is 9.09. The SMILES string of the molecule is CC1(C)c2cc3c(cc2-c2cc4c(cc21)[nH]c1ccccc14)C1C=CC=CC31. The molecule has 134 valence electrons. The minimum Gasteiger partial charge on any atom is -0.355 e. The van der Waals surface area contributed by atoms with E-state index in [-0.39, 0.29) is 5.41 Å². The first-order chi connectivity index (χ1) is 13.6. The van der Waals surface area contributed by atoms with Crippen LogP contribution in [0.2, 0.25) is 0 Å². The molecule has 0 saturated heterocycles. The Bertz CT molecular complexity index is 1390. The predicted molar refractivity (Wildman–Crippen MR) is 117 cm³/mol. The monoisotopic (exact) mass is 359 g/mol. The Hall–Kier alpha value is -3.06. The number of para-hydroxylation sites is 1. The number of aromatic nitrogens is 1. The van der Waals surface area contributed by atoms with Gasteiger partial charge in [-0.15, -0.1) is 0 Å². The van der Waals surface area contributed by atoms with Gasteiger partial charge in [-0.1, -0.05) is 62.4 Å². The van der Waals surface area contributed by atoms with E-state index in [4.69, 9.17) is 0 Å². The van der Waals surface area contributed by atoms with E-state index in [1.165, 1.54) is 55.2 Å². The summed E-state index contributed by atoms with van der Waals surface area (Å²) in [6.45, 7) is 4.76. The number of benzene rings is 3. The van der Waals surface area contributed by atoms with Crippen molar-refractivity contribution in [2.24, 2.45) is 0 Å². The van der Waals surface area contributed by atoms with Gasteiger partial charge in [-0.3, -0.25) is 0 Å². The van der Waals surface area contributed by atoms with Gasteiger partial charge in [0.15, 0.2) is 0 Å². The highest BCUT2D eigenvalue weighted by Crippen LogP contribution is 2.57. The second kappa shape index (κ2) is 4.67. The predicted octanol–water partition coefficient (Wildman–Crippen LogP) is 6.93. The van der Waals surface area contributed by atoms with Crippen LogP contribution in [0.15, 0.2) is 72.8 Å². The zero-order valence-electron chi connectivity index (χ0n) is 16.1. The number of rotatable bonds is 0. The number of nitrogens with one attached hydrogen (secondary N) is 1. The zero-order valence-corrected chi connectivity index (χ0v) is 16.1. The Morgan fingerprint density at radius 1 is 0.714 bits per heavy atom. The molecule has 1 heterocycles. The second-order valence-electron chi connectivity index (χ2n) is 9.09. The number of H-pyrrole nitrogens is 1. The van der Waals surface area contributed by atoms with E-state index in [9.17, 15) is 0 Å². The topological polar surface area (TPSA) is 15.8 Å². The molecule has 1 N–H and O–H groups in total. The molecule has 0 radical (unpaired) electrons. The minimum atomic E-state index is 0.0322. The molecule has 1 heteroatoms. The first kappa shape index (κ1) is 14.9. The van der Waals surface area contributed by atoms with Crippen LogP contribution < -0.4 is 0 Å². The van der Waals surface area contributed by atoms with Crippen LogP contribution in [0.3, 0.4) is 0 Å². The molecule has 0 fully saturated rings. The lowest BCUT2D eigenvalue weighted by Crippen LogP contribution is -2.24. The summed E-state index contributed by atoms with van der Waals surface area (Å²) in [7, 11) is 0. The first-order valence-electron chi connectivity index (χ1n) is 10.2. The lowest BCUT2D eigenvalue weighted by molar-refractivity contribution is 0.620. The molecule has 3 aliphatic rings. The van der Waals surface area contributed by atoms with Crippen LogP contribution in [-0.4, -0.2) is 4.98 Å². The van der Waals surface area contributed by atoms with Gasteiger partial charge < -0.3 is 4.98 Å². The van der Waals surface area contributed by atoms with Gasteiger partial charge in [0.05, 0.1) is 0 Å². The third-order valence-corrected chi connectivity index (χ3v) is 7.36. The Balaban J connectivity index is 1.54. The molecule has 1 aromatic heterocycles. The maximum absolute atomic E-state index is 3.63. The number of allylic oxidation sites excluding steroid dienone is 4. The summed E-state index contributed by atoms with van der Waals surface area (Å²) in [6, 6.07) is 18.4. The normalized spacial score (nSPS) is 22.6. The lowest BCUT2D eigenvalue weighted by atomic mass is 9.64. The molecule has 0 saturated carbocycles. The van der Waals surface area contributed by atoms with Gasteiger partial charge in [-0.05, 0) is 57.6 Å². The van der Waals surface area contributed by atoms with Crippen molar-refractivity contribution in [3.05, 3.63) is 95.1 Å². The Morgan fingerprint density at radius 3 is 2.21 bits per heavy atom. The fourth-order valence-corrected chi connectivity index (χ4v) is 5.84. The van der Waals surface area contributed by atoms with Gasteiger partial charge in [-0.2, -0.15) is 0 Å². The molecule has 3 aromatic carbocycles. The molecule has 0 amide bonds. The van der Waals surface area contributed by atoms with Crippen LogP contribution in [0.4, 0.5) is 0 Å². The summed E-state index contributed by atoms with van der Waals surface area (Å²) >= 11 is 0. The number of aromatic amines is 1. The summed E-state index contributed by atoms with van der Waals surface area (Å²) in [5, 5.41) is 2.65. The van der Waals surface area contributed by atoms with Gasteiger partial charge in [-0.25, -0.2) is 0 Å². The van der Waals surface area contributed by atoms with Crippen molar-refractivity contribution < 1.29 is 0 Å². The molecule has 7 rings (SSSR count). The van der Waals surface area contributed by atoms with Crippen LogP contribution in [-0.2, 0) is 5.41 Å². The van der Waals surface area contributed by atoms with Gasteiger partial charge in [0.2, 0.25) is 0 Å². The first-order valence-corrected chi connectivity index (χ1v) is 10.2. The number of fused-ring (bicyclic) bond motifs is 10. The van der Waals surface area contributed by atoms with E-state index in [1.807, 2.05) is 0 Å². The lowest BCUT2D eigenvalue weighted by Gasteiger charge is -2.39. The van der Waals surface area contributed by atoms with Gasteiger partial charge >= 0.3 is 0 Å². The molecule has 0 bridgehead atoms. The van der Waals surface area contributed by atoms with Gasteiger partial charge in [0.25, 0.3) is 0 Å². The number of hydrogen-bond acceptors (Lipinski definition) is 0. The maximum atomic E-state index is 3.63. The van der Waals surface area contributed by atoms with Crippen molar-refractivity contribution in [1.29, 1.82) is 0 Å². The molecule has 2 unspecified atom stereocenters. The molecule has 0 aliphatic heterocycles. The molecule has 28 heavy (non-hydrogen) atoms. The molecular formula is C27H21N. The minimum absolute atomic E-state index is 0.0322. The average Bonchev–Trinajstić information content (AvgIpc) is 3.17. The van der Waals surface area contributed by atoms with E-state index in [0.717, 1.165) is 0 Å². The third-order valence-electron chi connectivity index (χ3n) is 7.36. The highest BCUT2D eigenvalue weighted by Gasteiger charge is 2.42. The van der Waals surface area contributed by atoms with Gasteiger partial charge in [0.1, 0.15) is 0 Å². The van der Waals surface area contributed by atoms with E-state index in [0.29, 0.717) is 11.8 Å². The molecule has 4 aromatic rings. The molecular weight excluding hydrogens is 338 g/mol. The van der Waals surface area contributed by atoms with Crippen molar-refractivity contribution in [3.63, 3.8) is 0 Å². The summed E-state index contributed by atoms with van der Waals surface area (Å²) in [4.78, 5) is 3.63. The highest BCUT2D eigenvalue weighted by atomic mass is 14.7. The van der Waals surface area contributed by atoms with Crippen LogP contribution in [0.5, 0.6) is 0 Å². The van der Waals surface area contributed by atoms with Gasteiger partial charge in [0, 0.05) is 39.1 Å². The van der Waals surface area contributed by atoms with Crippen molar-refractivity contribution in [2.75, 3.05) is 0 Å². The quantitative estimate of drug-likeness (QED) is 0.350. The summed E-state index contributed by atoms with van der Waals surface area (Å²) in [5.41, 5.74) is 11.3. The van der Waals surface area contributed by atoms with Crippen molar-refractivity contribution >= 4 is 21.8 Å². The molecule has 1 nitrogen and oxygen atoms in total. The van der Waals surface area contributed by atoms with Crippen molar-refractivity contribution in [2.45, 2.75) is 31.1 Å². The summed E-state index contributed by atoms with van der Waals surface area (Å²) in [5.74, 6) is 1.14. The van der Waals surface area contributed by atoms with E-state index in [1.54, 1.807) is 0 Å². The van der Waals surface area contributed by atoms with E-state index < -0.39 is 0 Å². The smallest absolute Gasteiger partial charge is 0.0468 e. The summed E-state index contributed by atoms with van der Waals surface area (Å²) in [6.07, 6.45) is 9.13. The Labute approximate surface area is 164 Å². The number of hydrogen-bond donors (Lipinski definition) is 1. The van der Waals surface area contributed by atoms with Crippen LogP contribution in [0.1, 0.15) is 47.9 Å². The van der Waals surface area contributed by atoms with Crippen molar-refractivity contribution in [1.82, 2.24) is 4.98 Å². The average molecular weight is 359 g/mol. The van der Waals surface area contributed by atoms with Crippen LogP contribution in [0, 0.1) is 0 Å². The molecule has 3 aliphatic carbocycles. The zero-order chi connectivity index (χ0) is 18.6. The maximum Gasteiger partial charge on any atom is 0.0468 e. The molecule has 0 spiro atoms. The third kappa shape index (κ3) is 1.61. The highest BCUT2D eigenvalue weighted by molar-refractivity contribution is 6.09. The Morgan fingerprint density at radius 2 is 1.39 bits per heavy atom. The van der Waals surface area contributed by atoms with Crippen LogP contribution >= 0.6 is 0 Å². The van der Waals surface area contributed by atoms with Crippen molar-refractivity contribution in [3.8, 4) is 11.1 Å². The largest absolute Gasteiger partial charge is 0.355 e. The van der Waals surface area contributed by atoms with E-state index in [2.05, 4.69) is 91.7 Å². The summed E-state index contributed by atoms with van der Waals surface area (Å²) < 4.78 is 0. The standard InChI is InChI=1S/C27H21N/c1-27(2)23-13-19-16-8-4-3-7-15(16)18(19)11-20(23)21-12-22-17-9-5-6-10-25(17)28-26(22)14-24(21)27/h3-16,28H,1-2H3. The fourth-order valence-electron chi connectivity index (χ4n) is 5.84.